The van der Waals surface area contributed by atoms with E-state index in [2.05, 4.69) is 52.0 Å². The molecular weight excluding hydrogens is 690 g/mol. The van der Waals surface area contributed by atoms with Gasteiger partial charge in [0.2, 0.25) is 0 Å². The molecule has 37 heavy (non-hydrogen) atoms. The second kappa shape index (κ2) is 19.8. The van der Waals surface area contributed by atoms with E-state index in [-0.39, 0.29) is 50.7 Å². The second-order valence-electron chi connectivity index (χ2n) is 11.8. The molecule has 4 aliphatic rings. The molecule has 0 radical (unpaired) electrons. The summed E-state index contributed by atoms with van der Waals surface area (Å²) in [5.41, 5.74) is 3.22. The largest absolute Gasteiger partial charge is 4.00 e. The minimum atomic E-state index is -0.983. The van der Waals surface area contributed by atoms with Crippen molar-refractivity contribution in [3.05, 3.63) is 45.8 Å². The number of hydrogen-bond donors (Lipinski definition) is 0. The molecule has 4 rings (SSSR count). The van der Waals surface area contributed by atoms with Gasteiger partial charge in [-0.15, -0.1) is 0 Å². The molecule has 0 aromatic carbocycles. The van der Waals surface area contributed by atoms with Gasteiger partial charge in [0.25, 0.3) is 0 Å². The van der Waals surface area contributed by atoms with E-state index in [1.807, 2.05) is 0 Å². The third-order valence-corrected chi connectivity index (χ3v) is 20.0. The van der Waals surface area contributed by atoms with Crippen molar-refractivity contribution in [2.45, 2.75) is 154 Å². The monoisotopic (exact) mass is 744 g/mol. The normalized spacial score (nSPS) is 20.2. The van der Waals surface area contributed by atoms with Crippen molar-refractivity contribution >= 4 is 16.1 Å². The van der Waals surface area contributed by atoms with Crippen molar-refractivity contribution in [3.8, 4) is 0 Å². The van der Waals surface area contributed by atoms with Crippen LogP contribution in [0, 0.1) is 12.2 Å². The average Bonchev–Trinajstić information content (AvgIpc) is 3.46. The molecule has 0 amide bonds. The van der Waals surface area contributed by atoms with Gasteiger partial charge in [-0.25, -0.2) is 22.5 Å². The fraction of sp³-hybridized carbons (Fsp3) is 0.750. The average molecular weight is 744 g/mol. The van der Waals surface area contributed by atoms with E-state index in [4.69, 9.17) is 0 Å². The van der Waals surface area contributed by atoms with Crippen LogP contribution in [0.15, 0.2) is 33.7 Å². The molecule has 0 bridgehead atoms. The molecule has 2 aliphatic carbocycles. The Morgan fingerprint density at radius 2 is 0.946 bits per heavy atom. The molecule has 2 aliphatic heterocycles. The van der Waals surface area contributed by atoms with Crippen LogP contribution in [0.4, 0.5) is 0 Å². The Balaban J connectivity index is 0.000000648. The van der Waals surface area contributed by atoms with Crippen LogP contribution in [0.5, 0.6) is 0 Å². The van der Waals surface area contributed by atoms with Crippen LogP contribution in [0.3, 0.4) is 0 Å². The summed E-state index contributed by atoms with van der Waals surface area (Å²) in [7, 11) is -1.97. The second-order valence-corrected chi connectivity index (χ2v) is 21.0. The van der Waals surface area contributed by atoms with Gasteiger partial charge in [-0.05, 0) is 0 Å². The summed E-state index contributed by atoms with van der Waals surface area (Å²) in [5.74, 6) is 0. The summed E-state index contributed by atoms with van der Waals surface area (Å²) in [4.78, 5) is 0. The molecule has 0 aromatic heterocycles. The first-order valence-electron chi connectivity index (χ1n) is 15.3. The van der Waals surface area contributed by atoms with Crippen LogP contribution >= 0.6 is 0 Å². The maximum atomic E-state index is 3.82. The van der Waals surface area contributed by atoms with E-state index >= 15 is 0 Å². The van der Waals surface area contributed by atoms with Crippen molar-refractivity contribution in [3.63, 3.8) is 0 Å². The molecule has 2 heterocycles. The zero-order chi connectivity index (χ0) is 24.3. The van der Waals surface area contributed by atoms with Crippen LogP contribution in [-0.2, 0) is 25.8 Å². The predicted molar refractivity (Wildman–Crippen MR) is 157 cm³/mol. The van der Waals surface area contributed by atoms with Gasteiger partial charge in [0.05, 0.1) is 0 Å². The third-order valence-electron chi connectivity index (χ3n) is 9.17. The Bertz CT molecular complexity index is 697. The number of rotatable bonds is 14. The minimum absolute atomic E-state index is 0. The first-order valence-corrected chi connectivity index (χ1v) is 20.5. The molecule has 5 heteroatoms. The molecule has 2 saturated heterocycles. The molecule has 2 fully saturated rings. The van der Waals surface area contributed by atoms with Crippen molar-refractivity contribution in [1.82, 2.24) is 0 Å². The van der Waals surface area contributed by atoms with Crippen LogP contribution in [0.2, 0.25) is 36.3 Å². The van der Waals surface area contributed by atoms with E-state index in [1.165, 1.54) is 89.9 Å². The maximum Gasteiger partial charge on any atom is 4.00 e. The fourth-order valence-corrected chi connectivity index (χ4v) is 15.4. The molecule has 0 saturated carbocycles. The Morgan fingerprint density at radius 3 is 1.22 bits per heavy atom. The van der Waals surface area contributed by atoms with Gasteiger partial charge in [-0.1, -0.05) is 154 Å². The molecule has 0 unspecified atom stereocenters. The van der Waals surface area contributed by atoms with Crippen LogP contribution in [0.1, 0.15) is 118 Å². The zero-order valence-corrected chi connectivity index (χ0v) is 31.7. The van der Waals surface area contributed by atoms with E-state index in [0.717, 1.165) is 0 Å². The van der Waals surface area contributed by atoms with Gasteiger partial charge in [0.1, 0.15) is 0 Å². The fourth-order valence-electron chi connectivity index (χ4n) is 6.39. The Hall–Kier alpha value is 0.844. The number of allylic oxidation sites excluding steroid dienone is 8. The number of unbranched alkanes of at least 4 members (excludes halogenated alkanes) is 4. The molecule has 0 nitrogen and oxygen atoms in total. The summed E-state index contributed by atoms with van der Waals surface area (Å²) in [6, 6.07) is 9.34. The number of halogens is 2. The van der Waals surface area contributed by atoms with E-state index < -0.39 is 16.1 Å². The van der Waals surface area contributed by atoms with Gasteiger partial charge in [0.15, 0.2) is 0 Å². The Kier molecular flexibility index (Phi) is 20.3. The molecule has 0 spiro atoms. The van der Waals surface area contributed by atoms with E-state index in [0.29, 0.717) is 0 Å². The summed E-state index contributed by atoms with van der Waals surface area (Å²) < 4.78 is 0. The topological polar surface area (TPSA) is 0 Å². The smallest absolute Gasteiger partial charge is 1.00 e. The van der Waals surface area contributed by atoms with Crippen LogP contribution in [0.25, 0.3) is 0 Å². The van der Waals surface area contributed by atoms with Crippen molar-refractivity contribution in [1.29, 1.82) is 0 Å². The van der Waals surface area contributed by atoms with Crippen LogP contribution in [-0.4, -0.2) is 16.1 Å². The molecular formula is C32H54Cl2HfSi2. The third kappa shape index (κ3) is 10.6. The molecule has 208 valence electrons. The predicted octanol–water partition coefficient (Wildman–Crippen LogP) is 4.86. The van der Waals surface area contributed by atoms with Gasteiger partial charge in [-0.2, -0.15) is 11.1 Å². The van der Waals surface area contributed by atoms with Crippen molar-refractivity contribution in [2.24, 2.45) is 0 Å². The minimum Gasteiger partial charge on any atom is -1.00 e. The zero-order valence-electron chi connectivity index (χ0n) is 24.6. The molecule has 0 N–H and O–H groups in total. The summed E-state index contributed by atoms with van der Waals surface area (Å²) in [6.45, 7) is 9.23. The van der Waals surface area contributed by atoms with Gasteiger partial charge in [-0.3, -0.25) is 12.2 Å². The van der Waals surface area contributed by atoms with E-state index in [1.54, 1.807) is 57.8 Å². The summed E-state index contributed by atoms with van der Waals surface area (Å²) >= 11 is 0. The SMILES string of the molecule is CCCCC1=[C-]C([Si]2(CCCC)CCC2)=CC1.CCCCC1=[C-]C([Si]2(CCCC)CCC2)=CC1.[Cl-].[Cl-].[Hf+4]. The van der Waals surface area contributed by atoms with Crippen molar-refractivity contribution in [2.75, 3.05) is 0 Å². The Labute approximate surface area is 264 Å². The van der Waals surface area contributed by atoms with Crippen molar-refractivity contribution < 1.29 is 50.7 Å². The quantitative estimate of drug-likeness (QED) is 0.176. The van der Waals surface area contributed by atoms with Gasteiger partial charge >= 0.3 is 25.8 Å². The van der Waals surface area contributed by atoms with Gasteiger partial charge in [0, 0.05) is 16.1 Å². The summed E-state index contributed by atoms with van der Waals surface area (Å²) in [6.07, 6.45) is 31.8. The number of hydrogen-bond acceptors (Lipinski definition) is 0. The maximum absolute atomic E-state index is 3.82. The Morgan fingerprint density at radius 1 is 0.595 bits per heavy atom. The first-order chi connectivity index (χ1) is 16.6. The van der Waals surface area contributed by atoms with Crippen LogP contribution < -0.4 is 24.8 Å². The van der Waals surface area contributed by atoms with Gasteiger partial charge < -0.3 is 24.8 Å². The summed E-state index contributed by atoms with van der Waals surface area (Å²) in [5, 5.41) is 3.45. The standard InChI is InChI=1S/2C16H27Si.2ClH.Hf/c2*1-3-5-8-15-9-10-16(14-15)17(11-6-4-2)12-7-13-17;;;/h2*10H,3-9,11-13H2,1-2H3;2*1H;/q2*-1;;;+4/p-2. The molecule has 0 atom stereocenters. The molecule has 0 aromatic rings. The first kappa shape index (κ1) is 37.8. The van der Waals surface area contributed by atoms with E-state index in [9.17, 15) is 0 Å².